The number of carbonyl (C=O) groups excluding carboxylic acids is 1. The summed E-state index contributed by atoms with van der Waals surface area (Å²) in [4.78, 5) is 16.6. The average molecular weight is 256 g/mol. The van der Waals surface area contributed by atoms with Gasteiger partial charge in [-0.3, -0.25) is 0 Å². The molecule has 0 amide bonds. The summed E-state index contributed by atoms with van der Waals surface area (Å²) in [5.74, 6) is 0.174. The molecule has 0 spiro atoms. The number of aromatic nitrogens is 1. The van der Waals surface area contributed by atoms with Crippen LogP contribution in [0.2, 0.25) is 0 Å². The first-order chi connectivity index (χ1) is 8.12. The van der Waals surface area contributed by atoms with Crippen molar-refractivity contribution in [2.45, 2.75) is 40.2 Å². The molecule has 2 N–H and O–H groups in total. The van der Waals surface area contributed by atoms with E-state index in [1.54, 1.807) is 0 Å². The van der Waals surface area contributed by atoms with E-state index in [2.05, 4.69) is 18.8 Å². The third kappa shape index (κ3) is 3.78. The number of hydrogen-bond acceptors (Lipinski definition) is 5. The Morgan fingerprint density at radius 1 is 1.47 bits per heavy atom. The molecular formula is C12H20N2O2S. The third-order valence-corrected chi connectivity index (χ3v) is 3.97. The maximum absolute atomic E-state index is 11.8. The van der Waals surface area contributed by atoms with E-state index in [9.17, 15) is 4.79 Å². The molecule has 0 unspecified atom stereocenters. The minimum atomic E-state index is -0.272. The van der Waals surface area contributed by atoms with Crippen molar-refractivity contribution in [3.63, 3.8) is 0 Å². The van der Waals surface area contributed by atoms with E-state index < -0.39 is 0 Å². The highest BCUT2D eigenvalue weighted by atomic mass is 32.1. The van der Waals surface area contributed by atoms with E-state index in [0.717, 1.165) is 17.8 Å². The Hall–Kier alpha value is -0.940. The largest absolute Gasteiger partial charge is 0.461 e. The van der Waals surface area contributed by atoms with Gasteiger partial charge in [-0.15, -0.1) is 11.3 Å². The van der Waals surface area contributed by atoms with Crippen LogP contribution in [0.4, 0.5) is 0 Å². The van der Waals surface area contributed by atoms with E-state index >= 15 is 0 Å². The zero-order chi connectivity index (χ0) is 12.8. The van der Waals surface area contributed by atoms with Crippen LogP contribution in [0.15, 0.2) is 0 Å². The molecule has 0 atom stereocenters. The Labute approximate surface area is 106 Å². The summed E-state index contributed by atoms with van der Waals surface area (Å²) in [6.45, 7) is 6.87. The zero-order valence-corrected chi connectivity index (χ0v) is 11.5. The van der Waals surface area contributed by atoms with Gasteiger partial charge in [0.25, 0.3) is 0 Å². The van der Waals surface area contributed by atoms with Crippen molar-refractivity contribution in [1.82, 2.24) is 4.98 Å². The van der Waals surface area contributed by atoms with Gasteiger partial charge in [0.15, 0.2) is 0 Å². The van der Waals surface area contributed by atoms with E-state index in [-0.39, 0.29) is 5.97 Å². The predicted octanol–water partition coefficient (Wildman–Crippen LogP) is 2.50. The van der Waals surface area contributed by atoms with E-state index in [1.165, 1.54) is 11.3 Å². The molecule has 4 nitrogen and oxygen atoms in total. The summed E-state index contributed by atoms with van der Waals surface area (Å²) in [5.41, 5.74) is 6.21. The molecule has 17 heavy (non-hydrogen) atoms. The lowest BCUT2D eigenvalue weighted by atomic mass is 10.1. The predicted molar refractivity (Wildman–Crippen MR) is 69.1 cm³/mol. The Balaban J connectivity index is 2.60. The highest BCUT2D eigenvalue weighted by Gasteiger charge is 2.17. The van der Waals surface area contributed by atoms with Gasteiger partial charge in [0.05, 0.1) is 12.3 Å². The van der Waals surface area contributed by atoms with Gasteiger partial charge in [-0.2, -0.15) is 0 Å². The lowest BCUT2D eigenvalue weighted by Gasteiger charge is -2.11. The normalized spacial score (nSPS) is 10.9. The molecule has 0 fully saturated rings. The van der Waals surface area contributed by atoms with Crippen molar-refractivity contribution >= 4 is 17.3 Å². The first-order valence-corrected chi connectivity index (χ1v) is 6.77. The number of nitrogens with two attached hydrogens (primary N) is 1. The van der Waals surface area contributed by atoms with E-state index in [0.29, 0.717) is 29.6 Å². The number of rotatable bonds is 6. The van der Waals surface area contributed by atoms with Gasteiger partial charge < -0.3 is 10.5 Å². The quantitative estimate of drug-likeness (QED) is 0.794. The number of hydrogen-bond donors (Lipinski definition) is 1. The highest BCUT2D eigenvalue weighted by molar-refractivity contribution is 7.13. The maximum atomic E-state index is 11.8. The van der Waals surface area contributed by atoms with Gasteiger partial charge in [-0.05, 0) is 12.8 Å². The Kier molecular flexibility index (Phi) is 5.58. The fourth-order valence-corrected chi connectivity index (χ4v) is 2.35. The van der Waals surface area contributed by atoms with Crippen molar-refractivity contribution < 1.29 is 9.53 Å². The number of carbonyl (C=O) groups is 1. The van der Waals surface area contributed by atoms with Crippen LogP contribution in [0.3, 0.4) is 0 Å². The molecular weight excluding hydrogens is 236 g/mol. The lowest BCUT2D eigenvalue weighted by Crippen LogP contribution is -2.13. The van der Waals surface area contributed by atoms with Crippen LogP contribution in [0, 0.1) is 12.8 Å². The summed E-state index contributed by atoms with van der Waals surface area (Å²) in [6, 6.07) is 0. The second-order valence-electron chi connectivity index (χ2n) is 4.01. The number of nitrogens with zero attached hydrogens (tertiary/aromatic N) is 1. The van der Waals surface area contributed by atoms with E-state index in [1.807, 2.05) is 6.92 Å². The summed E-state index contributed by atoms with van der Waals surface area (Å²) < 4.78 is 5.30. The van der Waals surface area contributed by atoms with Crippen molar-refractivity contribution in [1.29, 1.82) is 0 Å². The molecule has 1 aromatic rings. The monoisotopic (exact) mass is 256 g/mol. The van der Waals surface area contributed by atoms with Crippen molar-refractivity contribution in [3.8, 4) is 0 Å². The molecule has 0 saturated carbocycles. The minimum absolute atomic E-state index is 0.272. The fraction of sp³-hybridized carbons (Fsp3) is 0.667. The molecule has 1 aromatic heterocycles. The fourth-order valence-electron chi connectivity index (χ4n) is 1.51. The standard InChI is InChI=1S/C12H20N2O2S/c1-4-9(5-2)7-16-12(15)11-8(3)14-10(6-13)17-11/h9H,4-7,13H2,1-3H3. The molecule has 0 bridgehead atoms. The van der Waals surface area contributed by atoms with Crippen LogP contribution < -0.4 is 5.73 Å². The van der Waals surface area contributed by atoms with Gasteiger partial charge in [-0.1, -0.05) is 26.7 Å². The average Bonchev–Trinajstić information content (AvgIpc) is 2.71. The van der Waals surface area contributed by atoms with Crippen molar-refractivity contribution in [3.05, 3.63) is 15.6 Å². The smallest absolute Gasteiger partial charge is 0.350 e. The first kappa shape index (κ1) is 14.1. The van der Waals surface area contributed by atoms with Gasteiger partial charge in [0.1, 0.15) is 9.88 Å². The Bertz CT molecular complexity index is 373. The first-order valence-electron chi connectivity index (χ1n) is 5.95. The van der Waals surface area contributed by atoms with Crippen LogP contribution in [-0.2, 0) is 11.3 Å². The molecule has 96 valence electrons. The second kappa shape index (κ2) is 6.71. The van der Waals surface area contributed by atoms with Crippen LogP contribution >= 0.6 is 11.3 Å². The summed E-state index contributed by atoms with van der Waals surface area (Å²) in [6.07, 6.45) is 2.05. The molecule has 0 aliphatic carbocycles. The van der Waals surface area contributed by atoms with Crippen LogP contribution in [0.5, 0.6) is 0 Å². The second-order valence-corrected chi connectivity index (χ2v) is 5.09. The molecule has 0 radical (unpaired) electrons. The molecule has 1 heterocycles. The summed E-state index contributed by atoms with van der Waals surface area (Å²) in [7, 11) is 0. The number of aryl methyl sites for hydroxylation is 1. The van der Waals surface area contributed by atoms with Gasteiger partial charge in [-0.25, -0.2) is 9.78 Å². The van der Waals surface area contributed by atoms with Crippen molar-refractivity contribution in [2.24, 2.45) is 11.7 Å². The molecule has 5 heteroatoms. The Morgan fingerprint density at radius 3 is 2.59 bits per heavy atom. The summed E-state index contributed by atoms with van der Waals surface area (Å²) in [5, 5.41) is 0.775. The van der Waals surface area contributed by atoms with Crippen LogP contribution in [0.1, 0.15) is 47.1 Å². The van der Waals surface area contributed by atoms with Crippen LogP contribution in [-0.4, -0.2) is 17.6 Å². The van der Waals surface area contributed by atoms with Crippen molar-refractivity contribution in [2.75, 3.05) is 6.61 Å². The third-order valence-electron chi connectivity index (χ3n) is 2.81. The number of esters is 1. The van der Waals surface area contributed by atoms with E-state index in [4.69, 9.17) is 10.5 Å². The summed E-state index contributed by atoms with van der Waals surface area (Å²) >= 11 is 1.32. The molecule has 0 saturated heterocycles. The van der Waals surface area contributed by atoms with Gasteiger partial charge in [0, 0.05) is 6.54 Å². The topological polar surface area (TPSA) is 65.2 Å². The lowest BCUT2D eigenvalue weighted by molar-refractivity contribution is 0.0438. The van der Waals surface area contributed by atoms with Crippen LogP contribution in [0.25, 0.3) is 0 Å². The molecule has 1 rings (SSSR count). The zero-order valence-electron chi connectivity index (χ0n) is 10.7. The van der Waals surface area contributed by atoms with Gasteiger partial charge in [0.2, 0.25) is 0 Å². The Morgan fingerprint density at radius 2 is 2.12 bits per heavy atom. The molecule has 0 aromatic carbocycles. The molecule has 0 aliphatic heterocycles. The highest BCUT2D eigenvalue weighted by Crippen LogP contribution is 2.19. The van der Waals surface area contributed by atoms with Gasteiger partial charge >= 0.3 is 5.97 Å². The SMILES string of the molecule is CCC(CC)COC(=O)c1sc(CN)nc1C. The number of ether oxygens (including phenoxy) is 1. The maximum Gasteiger partial charge on any atom is 0.350 e. The number of thiazole rings is 1. The molecule has 0 aliphatic rings. The minimum Gasteiger partial charge on any atom is -0.461 e.